The van der Waals surface area contributed by atoms with E-state index in [9.17, 15) is 16.8 Å². The number of rotatable bonds is 11. The van der Waals surface area contributed by atoms with Gasteiger partial charge in [-0.1, -0.05) is 53.4 Å². The van der Waals surface area contributed by atoms with E-state index in [0.29, 0.717) is 25.0 Å². The summed E-state index contributed by atoms with van der Waals surface area (Å²) in [5.41, 5.74) is 0. The highest BCUT2D eigenvalue weighted by Gasteiger charge is 2.11. The largest absolute Gasteiger partial charge is 0.270 e. The summed E-state index contributed by atoms with van der Waals surface area (Å²) < 4.78 is 52.4. The molecule has 0 unspecified atom stereocenters. The van der Waals surface area contributed by atoms with Gasteiger partial charge in [-0.25, -0.2) is 0 Å². The lowest BCUT2D eigenvalue weighted by molar-refractivity contribution is 0.246. The van der Waals surface area contributed by atoms with Crippen LogP contribution in [0.25, 0.3) is 0 Å². The Morgan fingerprint density at radius 1 is 0.696 bits per heavy atom. The highest BCUT2D eigenvalue weighted by atomic mass is 32.2. The summed E-state index contributed by atoms with van der Waals surface area (Å²) in [6, 6.07) is 0. The molecule has 0 aliphatic heterocycles. The second-order valence-electron chi connectivity index (χ2n) is 5.48. The number of hydrogen-bond acceptors (Lipinski definition) is 6. The Morgan fingerprint density at radius 2 is 1.04 bits per heavy atom. The predicted octanol–water partition coefficient (Wildman–Crippen LogP) is 3.19. The summed E-state index contributed by atoms with van der Waals surface area (Å²) in [5.74, 6) is 0.795. The van der Waals surface area contributed by atoms with E-state index in [2.05, 4.69) is 4.18 Å². The molecule has 0 heterocycles. The molecule has 0 aliphatic carbocycles. The third-order valence-corrected chi connectivity index (χ3v) is 5.43. The van der Waals surface area contributed by atoms with Crippen molar-refractivity contribution in [2.24, 2.45) is 11.8 Å². The van der Waals surface area contributed by atoms with E-state index < -0.39 is 20.2 Å². The molecule has 0 bridgehead atoms. The first-order chi connectivity index (χ1) is 10.5. The van der Waals surface area contributed by atoms with Crippen LogP contribution < -0.4 is 0 Å². The Balaban J connectivity index is 0. The molecule has 0 aliphatic rings. The molecule has 23 heavy (non-hydrogen) atoms. The maximum Gasteiger partial charge on any atom is 0.267 e. The predicted molar refractivity (Wildman–Crippen MR) is 94.4 cm³/mol. The Labute approximate surface area is 143 Å². The molecule has 0 atom stereocenters. The zero-order valence-corrected chi connectivity index (χ0v) is 17.0. The van der Waals surface area contributed by atoms with Crippen LogP contribution in [-0.2, 0) is 28.6 Å². The second-order valence-corrected chi connectivity index (χ2v) is 9.06. The van der Waals surface area contributed by atoms with Crippen molar-refractivity contribution in [2.45, 2.75) is 60.3 Å². The molecule has 0 amide bonds. The van der Waals surface area contributed by atoms with E-state index >= 15 is 0 Å². The van der Waals surface area contributed by atoms with Crippen LogP contribution in [0.3, 0.4) is 0 Å². The van der Waals surface area contributed by atoms with E-state index in [1.807, 2.05) is 27.7 Å². The molecule has 0 N–H and O–H groups in total. The molecular weight excluding hydrogens is 340 g/mol. The van der Waals surface area contributed by atoms with Crippen LogP contribution in [0.5, 0.6) is 0 Å². The fourth-order valence-electron chi connectivity index (χ4n) is 1.55. The van der Waals surface area contributed by atoms with Crippen LogP contribution in [0, 0.1) is 11.8 Å². The van der Waals surface area contributed by atoms with Gasteiger partial charge < -0.3 is 0 Å². The standard InChI is InChI=1S/C8H18O3S.C7H16O3S/c1-4-8(5-2)7-11-12(9,10)6-3;1-4-7(5-2)6-10-11(3,8)9/h8H,4-7H2,1-3H3;7H,4-6H2,1-3H3. The molecule has 6 nitrogen and oxygen atoms in total. The smallest absolute Gasteiger partial charge is 0.267 e. The van der Waals surface area contributed by atoms with E-state index in [0.717, 1.165) is 31.9 Å². The van der Waals surface area contributed by atoms with Gasteiger partial charge in [-0.15, -0.1) is 0 Å². The Morgan fingerprint density at radius 3 is 1.30 bits per heavy atom. The normalized spacial score (nSPS) is 12.3. The lowest BCUT2D eigenvalue weighted by atomic mass is 10.1. The first kappa shape index (κ1) is 25.1. The minimum absolute atomic E-state index is 0.0626. The quantitative estimate of drug-likeness (QED) is 0.516. The monoisotopic (exact) mass is 374 g/mol. The minimum Gasteiger partial charge on any atom is -0.270 e. The maximum absolute atomic E-state index is 10.9. The molecule has 0 fully saturated rings. The first-order valence-electron chi connectivity index (χ1n) is 8.26. The van der Waals surface area contributed by atoms with Gasteiger partial charge in [0.25, 0.3) is 20.2 Å². The zero-order chi connectivity index (χ0) is 18.5. The first-order valence-corrected chi connectivity index (χ1v) is 11.7. The highest BCUT2D eigenvalue weighted by Crippen LogP contribution is 2.09. The van der Waals surface area contributed by atoms with Crippen molar-refractivity contribution in [1.82, 2.24) is 0 Å². The van der Waals surface area contributed by atoms with E-state index in [-0.39, 0.29) is 5.75 Å². The van der Waals surface area contributed by atoms with Crippen molar-refractivity contribution in [3.8, 4) is 0 Å². The second kappa shape index (κ2) is 13.1. The molecule has 142 valence electrons. The van der Waals surface area contributed by atoms with Crippen LogP contribution in [0.4, 0.5) is 0 Å². The molecule has 0 rings (SSSR count). The third-order valence-electron chi connectivity index (χ3n) is 3.66. The van der Waals surface area contributed by atoms with Crippen LogP contribution in [0.15, 0.2) is 0 Å². The van der Waals surface area contributed by atoms with Crippen LogP contribution in [0.1, 0.15) is 60.3 Å². The third kappa shape index (κ3) is 16.5. The van der Waals surface area contributed by atoms with Crippen molar-refractivity contribution in [1.29, 1.82) is 0 Å². The van der Waals surface area contributed by atoms with Crippen molar-refractivity contribution >= 4 is 20.2 Å². The molecule has 0 aromatic carbocycles. The molecule has 0 saturated carbocycles. The average molecular weight is 375 g/mol. The summed E-state index contributed by atoms with van der Waals surface area (Å²) >= 11 is 0. The lowest BCUT2D eigenvalue weighted by Crippen LogP contribution is -2.14. The van der Waals surface area contributed by atoms with Crippen molar-refractivity contribution < 1.29 is 25.2 Å². The van der Waals surface area contributed by atoms with E-state index in [4.69, 9.17) is 4.18 Å². The van der Waals surface area contributed by atoms with Crippen molar-refractivity contribution in [2.75, 3.05) is 25.2 Å². The highest BCUT2D eigenvalue weighted by molar-refractivity contribution is 7.86. The average Bonchev–Trinajstić information content (AvgIpc) is 2.49. The Bertz CT molecular complexity index is 462. The molecule has 0 saturated heterocycles. The summed E-state index contributed by atoms with van der Waals surface area (Å²) in [7, 11) is -6.47. The van der Waals surface area contributed by atoms with Gasteiger partial charge in [-0.2, -0.15) is 16.8 Å². The summed E-state index contributed by atoms with van der Waals surface area (Å²) in [6.07, 6.45) is 4.94. The SMILES string of the molecule is CCC(CC)COS(=O)(=O)CC.CCC(CC)COS(C)(=O)=O. The topological polar surface area (TPSA) is 86.7 Å². The minimum atomic E-state index is -3.24. The maximum atomic E-state index is 10.9. The molecule has 0 spiro atoms. The molecule has 8 heteroatoms. The van der Waals surface area contributed by atoms with Crippen LogP contribution >= 0.6 is 0 Å². The fourth-order valence-corrected chi connectivity index (χ4v) is 2.56. The van der Waals surface area contributed by atoms with Gasteiger partial charge in [-0.05, 0) is 18.8 Å². The van der Waals surface area contributed by atoms with Gasteiger partial charge >= 0.3 is 0 Å². The summed E-state index contributed by atoms with van der Waals surface area (Å²) in [6.45, 7) is 10.4. The van der Waals surface area contributed by atoms with Gasteiger partial charge in [0.05, 0.1) is 25.2 Å². The number of hydrogen-bond donors (Lipinski definition) is 0. The summed E-state index contributed by atoms with van der Waals surface area (Å²) in [4.78, 5) is 0. The van der Waals surface area contributed by atoms with Crippen molar-refractivity contribution in [3.63, 3.8) is 0 Å². The van der Waals surface area contributed by atoms with Crippen molar-refractivity contribution in [3.05, 3.63) is 0 Å². The molecule has 0 radical (unpaired) electrons. The molecule has 0 aromatic heterocycles. The van der Waals surface area contributed by atoms with Gasteiger partial charge in [0, 0.05) is 0 Å². The Kier molecular flexibility index (Phi) is 14.3. The fraction of sp³-hybridized carbons (Fsp3) is 1.00. The molecular formula is C15H34O6S2. The van der Waals surface area contributed by atoms with E-state index in [1.165, 1.54) is 0 Å². The molecule has 0 aromatic rings. The van der Waals surface area contributed by atoms with Gasteiger partial charge in [0.2, 0.25) is 0 Å². The zero-order valence-electron chi connectivity index (χ0n) is 15.4. The van der Waals surface area contributed by atoms with Crippen LogP contribution in [-0.4, -0.2) is 42.1 Å². The summed E-state index contributed by atoms with van der Waals surface area (Å²) in [5, 5.41) is 0. The van der Waals surface area contributed by atoms with Crippen LogP contribution in [0.2, 0.25) is 0 Å². The Hall–Kier alpha value is -0.180. The van der Waals surface area contributed by atoms with E-state index in [1.54, 1.807) is 6.92 Å². The lowest BCUT2D eigenvalue weighted by Gasteiger charge is -2.11. The van der Waals surface area contributed by atoms with Gasteiger partial charge in [0.15, 0.2) is 0 Å². The van der Waals surface area contributed by atoms with Gasteiger partial charge in [-0.3, -0.25) is 8.37 Å². The van der Waals surface area contributed by atoms with Gasteiger partial charge in [0.1, 0.15) is 0 Å².